The highest BCUT2D eigenvalue weighted by atomic mass is 32.2. The number of nitrogens with zero attached hydrogens (tertiary/aromatic N) is 6. The molecule has 0 saturated carbocycles. The van der Waals surface area contributed by atoms with Gasteiger partial charge in [0.05, 0.1) is 23.3 Å². The molecule has 0 bridgehead atoms. The van der Waals surface area contributed by atoms with Crippen LogP contribution in [0.25, 0.3) is 17.1 Å². The lowest BCUT2D eigenvalue weighted by Gasteiger charge is -2.34. The molecule has 1 aliphatic rings. The van der Waals surface area contributed by atoms with Crippen molar-refractivity contribution in [3.05, 3.63) is 89.7 Å². The van der Waals surface area contributed by atoms with Crippen LogP contribution in [0.3, 0.4) is 0 Å². The number of rotatable bonds is 10. The van der Waals surface area contributed by atoms with E-state index in [1.807, 2.05) is 77.1 Å². The molecule has 1 fully saturated rings. The summed E-state index contributed by atoms with van der Waals surface area (Å²) < 4.78 is 48.4. The number of amides is 2. The molecule has 286 valence electrons. The van der Waals surface area contributed by atoms with Crippen molar-refractivity contribution >= 4 is 40.8 Å². The molecule has 0 radical (unpaired) electrons. The van der Waals surface area contributed by atoms with E-state index in [0.29, 0.717) is 36.3 Å². The van der Waals surface area contributed by atoms with Gasteiger partial charge in [-0.1, -0.05) is 54.2 Å². The van der Waals surface area contributed by atoms with E-state index in [4.69, 9.17) is 9.73 Å². The Balaban J connectivity index is 1.18. The van der Waals surface area contributed by atoms with E-state index in [0.717, 1.165) is 40.8 Å². The van der Waals surface area contributed by atoms with Crippen LogP contribution in [0.4, 0.5) is 23.7 Å². The smallest absolute Gasteiger partial charge is 0.444 e. The summed E-state index contributed by atoms with van der Waals surface area (Å²) in [6, 6.07) is 18.5. The highest BCUT2D eigenvalue weighted by molar-refractivity contribution is 8.14. The minimum atomic E-state index is -4.77. The van der Waals surface area contributed by atoms with Gasteiger partial charge in [0.25, 0.3) is 0 Å². The van der Waals surface area contributed by atoms with Gasteiger partial charge in [-0.05, 0) is 94.3 Å². The molecule has 1 aromatic heterocycles. The number of alkyl halides is 3. The van der Waals surface area contributed by atoms with Crippen LogP contribution in [0.1, 0.15) is 50.3 Å². The Kier molecular flexibility index (Phi) is 13.0. The number of thioether (sulfide) groups is 1. The predicted octanol–water partition coefficient (Wildman–Crippen LogP) is 7.56. The van der Waals surface area contributed by atoms with Gasteiger partial charge in [-0.2, -0.15) is 5.10 Å². The summed E-state index contributed by atoms with van der Waals surface area (Å²) in [5.41, 5.74) is 7.19. The second-order valence-corrected chi connectivity index (χ2v) is 14.7. The highest BCUT2D eigenvalue weighted by Gasteiger charge is 2.31. The maximum Gasteiger partial charge on any atom is 0.573 e. The average Bonchev–Trinajstić information content (AvgIpc) is 3.61. The minimum Gasteiger partial charge on any atom is -0.444 e. The topological polar surface area (TPSA) is 135 Å². The molecule has 1 aliphatic heterocycles. The number of hydrazone groups is 1. The molecule has 2 N–H and O–H groups in total. The molecule has 1 saturated heterocycles. The number of likely N-dealkylation sites (tertiary alicyclic amines) is 1. The zero-order valence-corrected chi connectivity index (χ0v) is 31.5. The third-order valence-electron chi connectivity index (χ3n) is 8.12. The van der Waals surface area contributed by atoms with Crippen molar-refractivity contribution in [3.8, 4) is 22.8 Å². The van der Waals surface area contributed by atoms with Crippen LogP contribution in [0.2, 0.25) is 0 Å². The van der Waals surface area contributed by atoms with E-state index in [2.05, 4.69) is 30.7 Å². The molecule has 1 atom stereocenters. The van der Waals surface area contributed by atoms with Gasteiger partial charge in [0.2, 0.25) is 5.91 Å². The van der Waals surface area contributed by atoms with Crippen LogP contribution >= 0.6 is 11.8 Å². The van der Waals surface area contributed by atoms with E-state index in [1.165, 1.54) is 47.0 Å². The Morgan fingerprint density at radius 1 is 1.02 bits per heavy atom. The Labute approximate surface area is 316 Å². The summed E-state index contributed by atoms with van der Waals surface area (Å²) in [7, 11) is 0. The summed E-state index contributed by atoms with van der Waals surface area (Å²) in [6.07, 6.45) is -0.252. The molecule has 16 heteroatoms. The van der Waals surface area contributed by atoms with Crippen molar-refractivity contribution in [1.29, 1.82) is 0 Å². The van der Waals surface area contributed by atoms with Gasteiger partial charge in [-0.3, -0.25) is 10.2 Å². The molecule has 2 heterocycles. The first-order valence-electron chi connectivity index (χ1n) is 17.3. The standard InChI is InChI=1S/C38H43F3N8O4S/c1-25-8-6-9-26(2)33(25)45-35(54-23-32(50)42-20-28-10-7-19-48(22-28)36(51)53-37(3,4)5)46-44-21-27-11-13-29(14-12-27)34-43-24-49(47-34)30-15-17-31(18-16-30)52-38(39,40)41/h6,8-9,11-18,21,24,28H,7,10,19-20,22-23H2,1-5H3,(H,42,50)(H,45,46)/b44-21-/t28-/m0/s1. The number of hydrogen-bond acceptors (Lipinski definition) is 9. The van der Waals surface area contributed by atoms with Crippen molar-refractivity contribution in [1.82, 2.24) is 30.4 Å². The highest BCUT2D eigenvalue weighted by Crippen LogP contribution is 2.26. The van der Waals surface area contributed by atoms with E-state index < -0.39 is 12.0 Å². The maximum absolute atomic E-state index is 13.0. The quantitative estimate of drug-likeness (QED) is 0.0961. The molecular formula is C38H43F3N8O4S. The maximum atomic E-state index is 13.0. The normalized spacial score (nSPS) is 15.3. The summed E-state index contributed by atoms with van der Waals surface area (Å²) in [5, 5.41) is 12.3. The van der Waals surface area contributed by atoms with Crippen molar-refractivity contribution in [2.45, 2.75) is 59.4 Å². The summed E-state index contributed by atoms with van der Waals surface area (Å²) in [6.45, 7) is 11.1. The van der Waals surface area contributed by atoms with Crippen molar-refractivity contribution in [2.75, 3.05) is 25.4 Å². The van der Waals surface area contributed by atoms with Crippen LogP contribution < -0.4 is 15.5 Å². The molecule has 5 rings (SSSR count). The number of aryl methyl sites for hydroxylation is 2. The second kappa shape index (κ2) is 17.6. The largest absolute Gasteiger partial charge is 0.573 e. The molecule has 0 unspecified atom stereocenters. The van der Waals surface area contributed by atoms with Gasteiger partial charge in [0.15, 0.2) is 11.0 Å². The number of piperidine rings is 1. The van der Waals surface area contributed by atoms with Gasteiger partial charge >= 0.3 is 12.5 Å². The van der Waals surface area contributed by atoms with Gasteiger partial charge in [-0.15, -0.1) is 18.3 Å². The molecule has 3 aromatic carbocycles. The number of para-hydroxylation sites is 1. The lowest BCUT2D eigenvalue weighted by Crippen LogP contribution is -2.45. The monoisotopic (exact) mass is 764 g/mol. The van der Waals surface area contributed by atoms with Gasteiger partial charge in [0, 0.05) is 25.2 Å². The number of ether oxygens (including phenoxy) is 2. The van der Waals surface area contributed by atoms with E-state index in [9.17, 15) is 22.8 Å². The van der Waals surface area contributed by atoms with E-state index in [1.54, 1.807) is 11.1 Å². The zero-order chi connectivity index (χ0) is 38.9. The molecule has 54 heavy (non-hydrogen) atoms. The molecular weight excluding hydrogens is 722 g/mol. The fraction of sp³-hybridized carbons (Fsp3) is 0.368. The van der Waals surface area contributed by atoms with Gasteiger partial charge in [0.1, 0.15) is 17.7 Å². The number of aromatic nitrogens is 3. The van der Waals surface area contributed by atoms with Crippen LogP contribution in [0.5, 0.6) is 5.75 Å². The van der Waals surface area contributed by atoms with Crippen molar-refractivity contribution < 1.29 is 32.2 Å². The number of amidine groups is 1. The number of nitrogens with one attached hydrogen (secondary N) is 2. The van der Waals surface area contributed by atoms with Crippen LogP contribution in [-0.2, 0) is 9.53 Å². The fourth-order valence-electron chi connectivity index (χ4n) is 5.54. The Hall–Kier alpha value is -5.38. The Bertz CT molecular complexity index is 1940. The van der Waals surface area contributed by atoms with Crippen LogP contribution in [0, 0.1) is 19.8 Å². The molecule has 12 nitrogen and oxygen atoms in total. The molecule has 4 aromatic rings. The fourth-order valence-corrected chi connectivity index (χ4v) is 6.18. The third-order valence-corrected chi connectivity index (χ3v) is 8.98. The van der Waals surface area contributed by atoms with Crippen molar-refractivity contribution in [2.24, 2.45) is 16.0 Å². The van der Waals surface area contributed by atoms with E-state index >= 15 is 0 Å². The van der Waals surface area contributed by atoms with Gasteiger partial charge in [-0.25, -0.2) is 19.5 Å². The van der Waals surface area contributed by atoms with Crippen LogP contribution in [0.15, 0.2) is 83.2 Å². The predicted molar refractivity (Wildman–Crippen MR) is 203 cm³/mol. The first kappa shape index (κ1) is 39.8. The summed E-state index contributed by atoms with van der Waals surface area (Å²) >= 11 is 1.23. The third kappa shape index (κ3) is 12.1. The SMILES string of the molecule is Cc1cccc(C)c1N=C(N/N=C\c1ccc(-c2ncn(-c3ccc(OC(F)(F)F)cc3)n2)cc1)SCC(=O)NC[C@@H]1CCCN(C(=O)OC(C)(C)C)C1. The molecule has 2 amide bonds. The second-order valence-electron chi connectivity index (χ2n) is 13.7. The van der Waals surface area contributed by atoms with Crippen LogP contribution in [-0.4, -0.2) is 80.4 Å². The van der Waals surface area contributed by atoms with Crippen molar-refractivity contribution in [3.63, 3.8) is 0 Å². The first-order valence-corrected chi connectivity index (χ1v) is 18.3. The number of aliphatic imine (C=N–C) groups is 1. The molecule has 0 spiro atoms. The Morgan fingerprint density at radius 3 is 2.39 bits per heavy atom. The Morgan fingerprint density at radius 2 is 1.72 bits per heavy atom. The average molecular weight is 765 g/mol. The minimum absolute atomic E-state index is 0.106. The summed E-state index contributed by atoms with van der Waals surface area (Å²) in [5.74, 6) is 0.175. The molecule has 0 aliphatic carbocycles. The zero-order valence-electron chi connectivity index (χ0n) is 30.7. The number of hydrogen-bond donors (Lipinski definition) is 2. The lowest BCUT2D eigenvalue weighted by atomic mass is 9.98. The number of carbonyl (C=O) groups is 2. The number of carbonyl (C=O) groups excluding carboxylic acids is 2. The first-order chi connectivity index (χ1) is 25.6. The number of benzene rings is 3. The lowest BCUT2D eigenvalue weighted by molar-refractivity contribution is -0.274. The summed E-state index contributed by atoms with van der Waals surface area (Å²) in [4.78, 5) is 36.4. The number of halogens is 3. The van der Waals surface area contributed by atoms with E-state index in [-0.39, 0.29) is 29.4 Å². The van der Waals surface area contributed by atoms with Gasteiger partial charge < -0.3 is 19.7 Å².